The molecule has 3 atom stereocenters. The molecular formula is C25H32N3O6P. The quantitative estimate of drug-likeness (QED) is 0.208. The first kappa shape index (κ1) is 26.6. The maximum atomic E-state index is 13.3. The minimum atomic E-state index is -3.01. The zero-order valence-electron chi connectivity index (χ0n) is 19.8. The fraction of sp³-hybridized carbons (Fsp3) is 0.360. The Kier molecular flexibility index (Phi) is 9.63. The topological polar surface area (TPSA) is 132 Å². The summed E-state index contributed by atoms with van der Waals surface area (Å²) in [5, 5.41) is 14.6. The summed E-state index contributed by atoms with van der Waals surface area (Å²) in [5.74, 6) is -1.69. The molecule has 3 rings (SSSR count). The van der Waals surface area contributed by atoms with Crippen LogP contribution in [0.2, 0.25) is 0 Å². The molecule has 0 bridgehead atoms. The molecule has 1 heterocycles. The molecular weight excluding hydrogens is 469 g/mol. The van der Waals surface area contributed by atoms with Gasteiger partial charge in [0.1, 0.15) is 12.1 Å². The van der Waals surface area contributed by atoms with Crippen LogP contribution in [-0.2, 0) is 32.0 Å². The van der Waals surface area contributed by atoms with E-state index in [1.807, 2.05) is 68.4 Å². The van der Waals surface area contributed by atoms with E-state index in [2.05, 4.69) is 10.3 Å². The monoisotopic (exact) mass is 501 g/mol. The number of rotatable bonds is 13. The minimum Gasteiger partial charge on any atom is -0.480 e. The summed E-state index contributed by atoms with van der Waals surface area (Å²) in [6, 6.07) is 14.7. The van der Waals surface area contributed by atoms with E-state index in [1.54, 1.807) is 6.20 Å². The first-order chi connectivity index (χ1) is 16.7. The van der Waals surface area contributed by atoms with Crippen LogP contribution in [0.5, 0.6) is 0 Å². The number of aliphatic carboxylic acids is 1. The Balaban J connectivity index is 1.79. The van der Waals surface area contributed by atoms with Crippen molar-refractivity contribution in [3.05, 3.63) is 71.9 Å². The number of para-hydroxylation sites is 1. The van der Waals surface area contributed by atoms with E-state index in [0.717, 1.165) is 22.0 Å². The molecule has 9 nitrogen and oxygen atoms in total. The molecule has 35 heavy (non-hydrogen) atoms. The van der Waals surface area contributed by atoms with Crippen LogP contribution in [0.1, 0.15) is 31.4 Å². The lowest BCUT2D eigenvalue weighted by Gasteiger charge is -2.31. The Morgan fingerprint density at radius 2 is 1.80 bits per heavy atom. The Bertz CT molecular complexity index is 1150. The lowest BCUT2D eigenvalue weighted by molar-refractivity contribution is -0.192. The van der Waals surface area contributed by atoms with Gasteiger partial charge in [-0.05, 0) is 29.5 Å². The smallest absolute Gasteiger partial charge is 0.326 e. The molecule has 0 aliphatic heterocycles. The third-order valence-corrected chi connectivity index (χ3v) is 6.17. The largest absolute Gasteiger partial charge is 0.480 e. The van der Waals surface area contributed by atoms with E-state index in [0.29, 0.717) is 6.42 Å². The molecule has 0 saturated heterocycles. The van der Waals surface area contributed by atoms with Crippen LogP contribution in [-0.4, -0.2) is 50.3 Å². The molecule has 10 heteroatoms. The second-order valence-electron chi connectivity index (χ2n) is 8.84. The van der Waals surface area contributed by atoms with Gasteiger partial charge in [-0.2, -0.15) is 5.06 Å². The summed E-state index contributed by atoms with van der Waals surface area (Å²) < 4.78 is 11.7. The van der Waals surface area contributed by atoms with Crippen LogP contribution in [0.15, 0.2) is 60.8 Å². The number of carboxylic acids is 1. The Morgan fingerprint density at radius 3 is 2.46 bits per heavy atom. The number of aromatic nitrogens is 1. The number of carboxylic acid groups (broad SMARTS) is 1. The molecule has 2 aromatic carbocycles. The van der Waals surface area contributed by atoms with Crippen LogP contribution in [0.25, 0.3) is 10.9 Å². The summed E-state index contributed by atoms with van der Waals surface area (Å²) in [6.07, 6.45) is 1.80. The van der Waals surface area contributed by atoms with Gasteiger partial charge in [-0.1, -0.05) is 62.4 Å². The standard InChI is InChI=1S/C25H32N3O6P/c1-17(2)12-23(28(16-35(32)33)34-15-18-8-4-3-5-9-18)24(29)27-22(25(30)31)13-19-14-26-21-11-7-6-10-20(19)21/h3-11,14,17,22-23,26,35H,12-13,15-16H2,1-2H3,(H,27,29)(H,30,31)(H,32,33)/t22-,23-/m0/s1. The van der Waals surface area contributed by atoms with Gasteiger partial charge in [-0.25, -0.2) is 4.79 Å². The van der Waals surface area contributed by atoms with Gasteiger partial charge in [0.25, 0.3) is 0 Å². The van der Waals surface area contributed by atoms with Gasteiger partial charge in [0, 0.05) is 23.5 Å². The summed E-state index contributed by atoms with van der Waals surface area (Å²) >= 11 is 0. The predicted octanol–water partition coefficient (Wildman–Crippen LogP) is 3.55. The number of H-pyrrole nitrogens is 1. The van der Waals surface area contributed by atoms with Gasteiger partial charge < -0.3 is 20.3 Å². The zero-order chi connectivity index (χ0) is 25.4. The highest BCUT2D eigenvalue weighted by molar-refractivity contribution is 7.37. The molecule has 188 valence electrons. The summed E-state index contributed by atoms with van der Waals surface area (Å²) in [5.41, 5.74) is 2.48. The number of hydrogen-bond acceptors (Lipinski definition) is 5. The number of nitrogens with one attached hydrogen (secondary N) is 2. The molecule has 0 aliphatic rings. The second-order valence-corrected chi connectivity index (χ2v) is 9.94. The van der Waals surface area contributed by atoms with Crippen molar-refractivity contribution in [3.63, 3.8) is 0 Å². The van der Waals surface area contributed by atoms with Crippen molar-refractivity contribution in [3.8, 4) is 0 Å². The van der Waals surface area contributed by atoms with Gasteiger partial charge in [-0.3, -0.25) is 14.2 Å². The van der Waals surface area contributed by atoms with E-state index < -0.39 is 32.0 Å². The first-order valence-electron chi connectivity index (χ1n) is 11.5. The zero-order valence-corrected chi connectivity index (χ0v) is 20.8. The number of amides is 1. The van der Waals surface area contributed by atoms with E-state index in [1.165, 1.54) is 5.06 Å². The fourth-order valence-corrected chi connectivity index (χ4v) is 4.48. The lowest BCUT2D eigenvalue weighted by Crippen LogP contribution is -2.52. The molecule has 1 unspecified atom stereocenters. The third kappa shape index (κ3) is 7.77. The molecule has 0 aliphatic carbocycles. The number of aromatic amines is 1. The highest BCUT2D eigenvalue weighted by atomic mass is 31.1. The van der Waals surface area contributed by atoms with Gasteiger partial charge in [0.15, 0.2) is 0 Å². The molecule has 1 amide bonds. The van der Waals surface area contributed by atoms with Crippen LogP contribution in [0.3, 0.4) is 0 Å². The summed E-state index contributed by atoms with van der Waals surface area (Å²) in [6.45, 7) is 3.94. The first-order valence-corrected chi connectivity index (χ1v) is 13.0. The Hall–Kier alpha value is -2.97. The van der Waals surface area contributed by atoms with Crippen molar-refractivity contribution in [2.24, 2.45) is 5.92 Å². The molecule has 0 fully saturated rings. The van der Waals surface area contributed by atoms with E-state index in [4.69, 9.17) is 4.84 Å². The third-order valence-electron chi connectivity index (χ3n) is 5.59. The minimum absolute atomic E-state index is 0.0477. The van der Waals surface area contributed by atoms with Gasteiger partial charge in [-0.15, -0.1) is 0 Å². The average Bonchev–Trinajstić information content (AvgIpc) is 3.23. The SMILES string of the molecule is CC(C)C[C@@H](C(=O)N[C@@H](Cc1c[nH]c2ccccc12)C(=O)O)N(C[PH](=O)O)OCc1ccccc1. The molecule has 3 aromatic rings. The van der Waals surface area contributed by atoms with Crippen LogP contribution in [0.4, 0.5) is 0 Å². The van der Waals surface area contributed by atoms with Crippen molar-refractivity contribution < 1.29 is 29.0 Å². The highest BCUT2D eigenvalue weighted by Crippen LogP contribution is 2.23. The van der Waals surface area contributed by atoms with Gasteiger partial charge in [0.2, 0.25) is 13.9 Å². The Labute approximate surface area is 204 Å². The fourth-order valence-electron chi connectivity index (χ4n) is 3.90. The second kappa shape index (κ2) is 12.7. The van der Waals surface area contributed by atoms with Crippen LogP contribution >= 0.6 is 8.03 Å². The lowest BCUT2D eigenvalue weighted by atomic mass is 10.0. The number of benzene rings is 2. The van der Waals surface area contributed by atoms with E-state index in [9.17, 15) is 24.2 Å². The maximum absolute atomic E-state index is 13.3. The molecule has 0 saturated carbocycles. The number of hydrogen-bond donors (Lipinski definition) is 4. The van der Waals surface area contributed by atoms with Crippen molar-refractivity contribution in [1.29, 1.82) is 0 Å². The number of fused-ring (bicyclic) bond motifs is 1. The van der Waals surface area contributed by atoms with Gasteiger partial charge >= 0.3 is 5.97 Å². The van der Waals surface area contributed by atoms with E-state index in [-0.39, 0.29) is 25.2 Å². The van der Waals surface area contributed by atoms with E-state index >= 15 is 0 Å². The van der Waals surface area contributed by atoms with Crippen molar-refractivity contribution in [2.45, 2.75) is 45.4 Å². The normalized spacial score (nSPS) is 14.2. The van der Waals surface area contributed by atoms with Crippen LogP contribution < -0.4 is 5.32 Å². The predicted molar refractivity (Wildman–Crippen MR) is 134 cm³/mol. The van der Waals surface area contributed by atoms with Gasteiger partial charge in [0.05, 0.1) is 12.9 Å². The van der Waals surface area contributed by atoms with Crippen molar-refractivity contribution in [2.75, 3.05) is 6.29 Å². The molecule has 0 radical (unpaired) electrons. The van der Waals surface area contributed by atoms with Crippen molar-refractivity contribution in [1.82, 2.24) is 15.4 Å². The number of hydroxylamine groups is 2. The molecule has 4 N–H and O–H groups in total. The highest BCUT2D eigenvalue weighted by Gasteiger charge is 2.32. The molecule has 1 aromatic heterocycles. The van der Waals surface area contributed by atoms with Crippen molar-refractivity contribution >= 4 is 30.8 Å². The number of carbonyl (C=O) groups is 2. The maximum Gasteiger partial charge on any atom is 0.326 e. The number of nitrogens with zero attached hydrogens (tertiary/aromatic N) is 1. The summed E-state index contributed by atoms with van der Waals surface area (Å²) in [4.78, 5) is 43.9. The Morgan fingerprint density at radius 1 is 1.11 bits per heavy atom. The average molecular weight is 502 g/mol. The summed E-state index contributed by atoms with van der Waals surface area (Å²) in [7, 11) is -3.01. The van der Waals surface area contributed by atoms with Crippen LogP contribution in [0, 0.1) is 5.92 Å². The molecule has 0 spiro atoms. The number of carbonyl (C=O) groups excluding carboxylic acids is 1.